The molecule has 0 aliphatic rings. The first kappa shape index (κ1) is 18.2. The summed E-state index contributed by atoms with van der Waals surface area (Å²) in [5.74, 6) is -2.00. The van der Waals surface area contributed by atoms with Crippen LogP contribution in [0.2, 0.25) is 0 Å². The molecule has 29 heavy (non-hydrogen) atoms. The lowest BCUT2D eigenvalue weighted by molar-refractivity contribution is 0.102. The molecule has 1 amide bonds. The van der Waals surface area contributed by atoms with Crippen molar-refractivity contribution in [3.63, 3.8) is 0 Å². The van der Waals surface area contributed by atoms with Crippen LogP contribution < -0.4 is 10.7 Å². The molecule has 0 atom stereocenters. The SMILES string of the molecule is Cc1cc(=O)c2c(O)c3c(O)cc(O)c(C(=O)Nc4ccc(O)cc4)c3cc2o1. The van der Waals surface area contributed by atoms with E-state index in [1.54, 1.807) is 6.92 Å². The number of amides is 1. The van der Waals surface area contributed by atoms with Gasteiger partial charge in [-0.1, -0.05) is 0 Å². The largest absolute Gasteiger partial charge is 0.508 e. The predicted octanol–water partition coefficient (Wildman–Crippen LogP) is 3.33. The monoisotopic (exact) mass is 393 g/mol. The summed E-state index contributed by atoms with van der Waals surface area (Å²) >= 11 is 0. The third-order valence-electron chi connectivity index (χ3n) is 4.52. The molecule has 0 bridgehead atoms. The van der Waals surface area contributed by atoms with Crippen LogP contribution in [0.15, 0.2) is 51.7 Å². The first-order valence-electron chi connectivity index (χ1n) is 8.51. The van der Waals surface area contributed by atoms with E-state index in [0.29, 0.717) is 11.4 Å². The number of hydrogen-bond acceptors (Lipinski definition) is 7. The molecule has 0 aliphatic carbocycles. The maximum Gasteiger partial charge on any atom is 0.260 e. The lowest BCUT2D eigenvalue weighted by Gasteiger charge is -2.13. The summed E-state index contributed by atoms with van der Waals surface area (Å²) in [6.07, 6.45) is 0. The van der Waals surface area contributed by atoms with E-state index in [9.17, 15) is 30.0 Å². The first-order valence-corrected chi connectivity index (χ1v) is 8.51. The number of carbonyl (C=O) groups excluding carboxylic acids is 1. The summed E-state index contributed by atoms with van der Waals surface area (Å²) in [5, 5.41) is 42.8. The van der Waals surface area contributed by atoms with E-state index in [-0.39, 0.29) is 33.1 Å². The van der Waals surface area contributed by atoms with E-state index in [4.69, 9.17) is 4.42 Å². The van der Waals surface area contributed by atoms with Gasteiger partial charge in [0.1, 0.15) is 39.7 Å². The van der Waals surface area contributed by atoms with Crippen molar-refractivity contribution in [2.24, 2.45) is 0 Å². The summed E-state index contributed by atoms with van der Waals surface area (Å²) in [7, 11) is 0. The molecule has 0 spiro atoms. The number of benzene rings is 3. The summed E-state index contributed by atoms with van der Waals surface area (Å²) < 4.78 is 5.49. The second-order valence-corrected chi connectivity index (χ2v) is 6.53. The van der Waals surface area contributed by atoms with Gasteiger partial charge in [-0.2, -0.15) is 0 Å². The molecule has 4 rings (SSSR count). The number of aryl methyl sites for hydroxylation is 1. The van der Waals surface area contributed by atoms with Crippen molar-refractivity contribution in [2.75, 3.05) is 5.32 Å². The van der Waals surface area contributed by atoms with Crippen LogP contribution >= 0.6 is 0 Å². The van der Waals surface area contributed by atoms with Crippen molar-refractivity contribution >= 4 is 33.3 Å². The standard InChI is InChI=1S/C21H15NO7/c1-9-6-13(24)19-16(29-9)7-12-17(20(19)27)14(25)8-15(26)18(12)21(28)22-10-2-4-11(23)5-3-10/h2-8,23,25-27H,1H3,(H,22,28). The van der Waals surface area contributed by atoms with E-state index in [1.165, 1.54) is 36.4 Å². The number of phenols is 4. The Morgan fingerprint density at radius 3 is 2.31 bits per heavy atom. The molecule has 5 N–H and O–H groups in total. The fourth-order valence-corrected chi connectivity index (χ4v) is 3.27. The molecule has 0 saturated heterocycles. The molecule has 0 fully saturated rings. The van der Waals surface area contributed by atoms with Gasteiger partial charge in [-0.3, -0.25) is 9.59 Å². The van der Waals surface area contributed by atoms with Crippen molar-refractivity contribution in [3.8, 4) is 23.0 Å². The first-order chi connectivity index (χ1) is 13.8. The van der Waals surface area contributed by atoms with Gasteiger partial charge in [0.2, 0.25) is 0 Å². The number of carbonyl (C=O) groups is 1. The minimum absolute atomic E-state index is 0.00229. The zero-order chi connectivity index (χ0) is 20.9. The Kier molecular flexibility index (Phi) is 4.04. The molecule has 8 heteroatoms. The second kappa shape index (κ2) is 6.45. The van der Waals surface area contributed by atoms with Crippen LogP contribution in [0.25, 0.3) is 21.7 Å². The van der Waals surface area contributed by atoms with E-state index in [2.05, 4.69) is 5.32 Å². The van der Waals surface area contributed by atoms with E-state index in [1.807, 2.05) is 0 Å². The fourth-order valence-electron chi connectivity index (χ4n) is 3.27. The smallest absolute Gasteiger partial charge is 0.260 e. The van der Waals surface area contributed by atoms with Crippen molar-refractivity contribution in [1.29, 1.82) is 0 Å². The summed E-state index contributed by atoms with van der Waals surface area (Å²) in [6, 6.07) is 9.09. The van der Waals surface area contributed by atoms with Gasteiger partial charge in [-0.25, -0.2) is 0 Å². The number of aromatic hydroxyl groups is 4. The molecular formula is C21H15NO7. The molecule has 0 unspecified atom stereocenters. The summed E-state index contributed by atoms with van der Waals surface area (Å²) in [4.78, 5) is 25.1. The number of hydrogen-bond donors (Lipinski definition) is 5. The highest BCUT2D eigenvalue weighted by Gasteiger charge is 2.23. The summed E-state index contributed by atoms with van der Waals surface area (Å²) in [6.45, 7) is 1.56. The Balaban J connectivity index is 1.99. The lowest BCUT2D eigenvalue weighted by Crippen LogP contribution is -2.13. The minimum Gasteiger partial charge on any atom is -0.508 e. The molecule has 3 aromatic carbocycles. The Labute approximate surface area is 162 Å². The number of nitrogens with one attached hydrogen (secondary N) is 1. The zero-order valence-corrected chi connectivity index (χ0v) is 15.1. The molecule has 146 valence electrons. The van der Waals surface area contributed by atoms with Gasteiger partial charge in [0, 0.05) is 23.2 Å². The second-order valence-electron chi connectivity index (χ2n) is 6.53. The zero-order valence-electron chi connectivity index (χ0n) is 15.1. The van der Waals surface area contributed by atoms with E-state index >= 15 is 0 Å². The molecule has 0 saturated carbocycles. The topological polar surface area (TPSA) is 140 Å². The molecule has 8 nitrogen and oxygen atoms in total. The average molecular weight is 393 g/mol. The van der Waals surface area contributed by atoms with Gasteiger partial charge < -0.3 is 30.2 Å². The normalized spacial score (nSPS) is 11.1. The highest BCUT2D eigenvalue weighted by Crippen LogP contribution is 2.43. The Morgan fingerprint density at radius 2 is 1.62 bits per heavy atom. The van der Waals surface area contributed by atoms with Crippen LogP contribution in [-0.4, -0.2) is 26.3 Å². The van der Waals surface area contributed by atoms with Crippen LogP contribution in [0.3, 0.4) is 0 Å². The van der Waals surface area contributed by atoms with Gasteiger partial charge in [0.15, 0.2) is 5.43 Å². The number of anilines is 1. The predicted molar refractivity (Wildman–Crippen MR) is 106 cm³/mol. The molecule has 0 radical (unpaired) electrons. The van der Waals surface area contributed by atoms with Crippen molar-refractivity contribution in [2.45, 2.75) is 6.92 Å². The van der Waals surface area contributed by atoms with Crippen molar-refractivity contribution in [3.05, 3.63) is 64.0 Å². The maximum atomic E-state index is 12.8. The lowest BCUT2D eigenvalue weighted by atomic mass is 9.98. The van der Waals surface area contributed by atoms with Gasteiger partial charge in [0.25, 0.3) is 5.91 Å². The van der Waals surface area contributed by atoms with Crippen LogP contribution in [-0.2, 0) is 0 Å². The van der Waals surface area contributed by atoms with E-state index < -0.39 is 28.6 Å². The van der Waals surface area contributed by atoms with Crippen LogP contribution in [0.1, 0.15) is 16.1 Å². The van der Waals surface area contributed by atoms with Crippen LogP contribution in [0.5, 0.6) is 23.0 Å². The van der Waals surface area contributed by atoms with E-state index in [0.717, 1.165) is 6.07 Å². The van der Waals surface area contributed by atoms with Gasteiger partial charge >= 0.3 is 0 Å². The Morgan fingerprint density at radius 1 is 0.931 bits per heavy atom. The van der Waals surface area contributed by atoms with Gasteiger partial charge in [-0.05, 0) is 37.3 Å². The molecule has 1 aromatic heterocycles. The van der Waals surface area contributed by atoms with Crippen LogP contribution in [0.4, 0.5) is 5.69 Å². The minimum atomic E-state index is -0.730. The maximum absolute atomic E-state index is 12.8. The van der Waals surface area contributed by atoms with Gasteiger partial charge in [-0.15, -0.1) is 0 Å². The molecule has 1 heterocycles. The molecular weight excluding hydrogens is 378 g/mol. The van der Waals surface area contributed by atoms with Crippen LogP contribution in [0, 0.1) is 6.92 Å². The average Bonchev–Trinajstić information content (AvgIpc) is 2.62. The highest BCUT2D eigenvalue weighted by molar-refractivity contribution is 6.19. The highest BCUT2D eigenvalue weighted by atomic mass is 16.3. The number of phenolic OH excluding ortho intramolecular Hbond substituents is 4. The number of fused-ring (bicyclic) bond motifs is 2. The third kappa shape index (κ3) is 2.96. The third-order valence-corrected chi connectivity index (χ3v) is 4.52. The quantitative estimate of drug-likeness (QED) is 0.260. The molecule has 4 aromatic rings. The Hall–Kier alpha value is -4.20. The van der Waals surface area contributed by atoms with Crippen molar-refractivity contribution in [1.82, 2.24) is 0 Å². The fraction of sp³-hybridized carbons (Fsp3) is 0.0476. The van der Waals surface area contributed by atoms with Gasteiger partial charge in [0.05, 0.1) is 10.9 Å². The molecule has 0 aliphatic heterocycles. The number of rotatable bonds is 2. The summed E-state index contributed by atoms with van der Waals surface area (Å²) in [5.41, 5.74) is -0.387. The Bertz CT molecular complexity index is 1350. The van der Waals surface area contributed by atoms with Crippen molar-refractivity contribution < 1.29 is 29.6 Å².